The summed E-state index contributed by atoms with van der Waals surface area (Å²) in [6.07, 6.45) is 22.4. The van der Waals surface area contributed by atoms with Crippen LogP contribution < -0.4 is 0 Å². The smallest absolute Gasteiger partial charge is 0.0701 e. The van der Waals surface area contributed by atoms with E-state index in [0.717, 1.165) is 13.0 Å². The lowest BCUT2D eigenvalue weighted by atomic mass is 10.0. The molecule has 0 aromatic heterocycles. The van der Waals surface area contributed by atoms with Crippen LogP contribution in [0.2, 0.25) is 0 Å². The van der Waals surface area contributed by atoms with Crippen LogP contribution in [-0.4, -0.2) is 71.9 Å². The molecular formula is C28H57ClO5. The fraction of sp³-hybridized carbons (Fsp3) is 1.00. The van der Waals surface area contributed by atoms with Crippen molar-refractivity contribution in [3.05, 3.63) is 0 Å². The molecule has 0 aromatic carbocycles. The van der Waals surface area contributed by atoms with E-state index in [-0.39, 0.29) is 0 Å². The molecule has 0 unspecified atom stereocenters. The van der Waals surface area contributed by atoms with Gasteiger partial charge in [0.25, 0.3) is 0 Å². The first-order chi connectivity index (χ1) is 16.9. The summed E-state index contributed by atoms with van der Waals surface area (Å²) in [5.74, 6) is 0.522. The Kier molecular flexibility index (Phi) is 33.2. The fourth-order valence-electron chi connectivity index (χ4n) is 3.79. The van der Waals surface area contributed by atoms with E-state index in [2.05, 4.69) is 6.92 Å². The largest absolute Gasteiger partial charge is 0.379 e. The van der Waals surface area contributed by atoms with Crippen molar-refractivity contribution in [1.82, 2.24) is 0 Å². The summed E-state index contributed by atoms with van der Waals surface area (Å²) in [5.41, 5.74) is 0. The molecule has 0 spiro atoms. The highest BCUT2D eigenvalue weighted by atomic mass is 35.5. The second-order valence-corrected chi connectivity index (χ2v) is 9.43. The molecule has 0 fully saturated rings. The molecule has 0 rings (SSSR count). The van der Waals surface area contributed by atoms with Gasteiger partial charge in [0.1, 0.15) is 0 Å². The van der Waals surface area contributed by atoms with E-state index in [4.69, 9.17) is 35.3 Å². The van der Waals surface area contributed by atoms with E-state index in [0.29, 0.717) is 65.3 Å². The second kappa shape index (κ2) is 33.1. The molecule has 0 amide bonds. The molecule has 0 aromatic rings. The van der Waals surface area contributed by atoms with Crippen molar-refractivity contribution in [1.29, 1.82) is 0 Å². The summed E-state index contributed by atoms with van der Waals surface area (Å²) in [6, 6.07) is 0. The minimum absolute atomic E-state index is 0.522. The Hall–Kier alpha value is 0.0900. The van der Waals surface area contributed by atoms with E-state index in [1.807, 2.05) is 0 Å². The third kappa shape index (κ3) is 32.1. The number of rotatable bonds is 31. The maximum atomic E-state index is 5.65. The number of alkyl halides is 1. The Labute approximate surface area is 216 Å². The molecule has 206 valence electrons. The Balaban J connectivity index is 2.99. The predicted molar refractivity (Wildman–Crippen MR) is 144 cm³/mol. The molecule has 0 saturated heterocycles. The molecular weight excluding hydrogens is 452 g/mol. The van der Waals surface area contributed by atoms with E-state index in [9.17, 15) is 0 Å². The SMILES string of the molecule is CCCCCCCCCCCCCCCCCCOCCOCCOCCOCCOCCCl. The maximum absolute atomic E-state index is 5.65. The summed E-state index contributed by atoms with van der Waals surface area (Å²) in [5, 5.41) is 0. The molecule has 34 heavy (non-hydrogen) atoms. The zero-order valence-corrected chi connectivity index (χ0v) is 23.3. The molecule has 0 aliphatic rings. The van der Waals surface area contributed by atoms with Gasteiger partial charge in [-0.25, -0.2) is 0 Å². The molecule has 0 aliphatic carbocycles. The van der Waals surface area contributed by atoms with Gasteiger partial charge >= 0.3 is 0 Å². The average molecular weight is 509 g/mol. The van der Waals surface area contributed by atoms with Crippen LogP contribution >= 0.6 is 11.6 Å². The first-order valence-electron chi connectivity index (χ1n) is 14.4. The molecule has 0 bridgehead atoms. The van der Waals surface area contributed by atoms with Crippen LogP contribution in [0.1, 0.15) is 110 Å². The third-order valence-electron chi connectivity index (χ3n) is 5.85. The molecule has 5 nitrogen and oxygen atoms in total. The molecule has 0 radical (unpaired) electrons. The molecule has 0 aliphatic heterocycles. The first kappa shape index (κ1) is 34.1. The maximum Gasteiger partial charge on any atom is 0.0701 e. The van der Waals surface area contributed by atoms with Gasteiger partial charge in [-0.1, -0.05) is 103 Å². The minimum atomic E-state index is 0.522. The van der Waals surface area contributed by atoms with Gasteiger partial charge in [0.2, 0.25) is 0 Å². The van der Waals surface area contributed by atoms with Crippen molar-refractivity contribution in [2.24, 2.45) is 0 Å². The van der Waals surface area contributed by atoms with Gasteiger partial charge in [-0.15, -0.1) is 11.6 Å². The van der Waals surface area contributed by atoms with Crippen LogP contribution in [0.5, 0.6) is 0 Å². The van der Waals surface area contributed by atoms with E-state index in [1.54, 1.807) is 0 Å². The Morgan fingerprint density at radius 3 is 0.912 bits per heavy atom. The summed E-state index contributed by atoms with van der Waals surface area (Å²) in [7, 11) is 0. The van der Waals surface area contributed by atoms with Gasteiger partial charge in [0, 0.05) is 12.5 Å². The lowest BCUT2D eigenvalue weighted by Gasteiger charge is -2.08. The topological polar surface area (TPSA) is 46.2 Å². The van der Waals surface area contributed by atoms with Crippen LogP contribution in [0.15, 0.2) is 0 Å². The molecule has 0 heterocycles. The lowest BCUT2D eigenvalue weighted by molar-refractivity contribution is -0.0103. The zero-order chi connectivity index (χ0) is 24.6. The molecule has 0 N–H and O–H groups in total. The van der Waals surface area contributed by atoms with E-state index < -0.39 is 0 Å². The number of hydrogen-bond acceptors (Lipinski definition) is 5. The van der Waals surface area contributed by atoms with Gasteiger partial charge in [-0.2, -0.15) is 0 Å². The van der Waals surface area contributed by atoms with Gasteiger partial charge in [0.05, 0.1) is 59.5 Å². The van der Waals surface area contributed by atoms with Crippen LogP contribution in [0.3, 0.4) is 0 Å². The summed E-state index contributed by atoms with van der Waals surface area (Å²) in [6.45, 7) is 8.51. The van der Waals surface area contributed by atoms with Crippen molar-refractivity contribution < 1.29 is 23.7 Å². The van der Waals surface area contributed by atoms with Crippen molar-refractivity contribution in [2.45, 2.75) is 110 Å². The predicted octanol–water partition coefficient (Wildman–Crippen LogP) is 7.57. The van der Waals surface area contributed by atoms with E-state index in [1.165, 1.54) is 96.3 Å². The standard InChI is InChI=1S/C28H57ClO5/c1-2-3-4-5-6-7-8-9-10-11-12-13-14-15-16-17-19-30-21-23-32-25-27-34-28-26-33-24-22-31-20-18-29/h2-28H2,1H3. The van der Waals surface area contributed by atoms with E-state index >= 15 is 0 Å². The number of halogens is 1. The minimum Gasteiger partial charge on any atom is -0.379 e. The van der Waals surface area contributed by atoms with Crippen molar-refractivity contribution in [3.8, 4) is 0 Å². The van der Waals surface area contributed by atoms with Gasteiger partial charge in [-0.05, 0) is 6.42 Å². The van der Waals surface area contributed by atoms with Crippen LogP contribution in [0, 0.1) is 0 Å². The molecule has 6 heteroatoms. The summed E-state index contributed by atoms with van der Waals surface area (Å²) < 4.78 is 27.2. The highest BCUT2D eigenvalue weighted by Crippen LogP contribution is 2.13. The number of unbranched alkanes of at least 4 members (excludes halogenated alkanes) is 15. The van der Waals surface area contributed by atoms with Crippen molar-refractivity contribution in [3.63, 3.8) is 0 Å². The van der Waals surface area contributed by atoms with Crippen molar-refractivity contribution in [2.75, 3.05) is 71.9 Å². The van der Waals surface area contributed by atoms with Gasteiger partial charge in [0.15, 0.2) is 0 Å². The molecule has 0 saturated carbocycles. The highest BCUT2D eigenvalue weighted by molar-refractivity contribution is 6.17. The number of ether oxygens (including phenoxy) is 5. The Bertz CT molecular complexity index is 315. The summed E-state index contributed by atoms with van der Waals surface area (Å²) >= 11 is 5.51. The lowest BCUT2D eigenvalue weighted by Crippen LogP contribution is -2.13. The normalized spacial score (nSPS) is 11.5. The van der Waals surface area contributed by atoms with Crippen LogP contribution in [0.25, 0.3) is 0 Å². The first-order valence-corrected chi connectivity index (χ1v) is 14.9. The average Bonchev–Trinajstić information content (AvgIpc) is 2.85. The fourth-order valence-corrected chi connectivity index (χ4v) is 3.90. The van der Waals surface area contributed by atoms with Gasteiger partial charge < -0.3 is 23.7 Å². The second-order valence-electron chi connectivity index (χ2n) is 9.05. The highest BCUT2D eigenvalue weighted by Gasteiger charge is 1.96. The number of hydrogen-bond donors (Lipinski definition) is 0. The Morgan fingerprint density at radius 1 is 0.324 bits per heavy atom. The Morgan fingerprint density at radius 2 is 0.588 bits per heavy atom. The van der Waals surface area contributed by atoms with Crippen LogP contribution in [0.4, 0.5) is 0 Å². The zero-order valence-electron chi connectivity index (χ0n) is 22.5. The monoisotopic (exact) mass is 508 g/mol. The van der Waals surface area contributed by atoms with Gasteiger partial charge in [-0.3, -0.25) is 0 Å². The third-order valence-corrected chi connectivity index (χ3v) is 6.01. The van der Waals surface area contributed by atoms with Crippen LogP contribution in [-0.2, 0) is 23.7 Å². The summed E-state index contributed by atoms with van der Waals surface area (Å²) in [4.78, 5) is 0. The molecule has 0 atom stereocenters. The quantitative estimate of drug-likeness (QED) is 0.0713. The van der Waals surface area contributed by atoms with Crippen molar-refractivity contribution >= 4 is 11.6 Å².